The molecule has 6 nitrogen and oxygen atoms in total. The fraction of sp³-hybridized carbons (Fsp3) is 0.0800. The molecule has 1 aromatic heterocycles. The van der Waals surface area contributed by atoms with E-state index in [0.29, 0.717) is 21.6 Å². The number of hydrogen-bond donors (Lipinski definition) is 1. The molecule has 0 spiro atoms. The Morgan fingerprint density at radius 1 is 0.944 bits per heavy atom. The SMILES string of the molecule is O=C(N/N=C/c1ccc(OC(F)F)cc1OC(F)F)c1cc(-c2ccc(Cl)cc2)nc2ccccc12. The van der Waals surface area contributed by atoms with E-state index in [4.69, 9.17) is 11.6 Å². The monoisotopic (exact) mass is 517 g/mol. The molecule has 1 N–H and O–H groups in total. The summed E-state index contributed by atoms with van der Waals surface area (Å²) in [6.07, 6.45) is 1.05. The number of benzene rings is 3. The Labute approximate surface area is 207 Å². The number of amides is 1. The molecule has 1 amide bonds. The van der Waals surface area contributed by atoms with E-state index in [9.17, 15) is 22.4 Å². The molecular formula is C25H16ClF4N3O3. The molecular weight excluding hydrogens is 502 g/mol. The lowest BCUT2D eigenvalue weighted by Crippen LogP contribution is -2.18. The molecule has 11 heteroatoms. The third kappa shape index (κ3) is 6.08. The Morgan fingerprint density at radius 2 is 1.67 bits per heavy atom. The van der Waals surface area contributed by atoms with Crippen LogP contribution in [-0.2, 0) is 0 Å². The van der Waals surface area contributed by atoms with E-state index in [0.717, 1.165) is 23.9 Å². The largest absolute Gasteiger partial charge is 0.435 e. The zero-order valence-corrected chi connectivity index (χ0v) is 18.9. The molecule has 0 unspecified atom stereocenters. The van der Waals surface area contributed by atoms with E-state index < -0.39 is 24.9 Å². The number of para-hydroxylation sites is 1. The fourth-order valence-corrected chi connectivity index (χ4v) is 3.47. The van der Waals surface area contributed by atoms with Crippen molar-refractivity contribution in [2.75, 3.05) is 0 Å². The van der Waals surface area contributed by atoms with E-state index in [1.807, 2.05) is 0 Å². The number of hydrogen-bond acceptors (Lipinski definition) is 5. The van der Waals surface area contributed by atoms with Crippen LogP contribution in [0.15, 0.2) is 77.9 Å². The summed E-state index contributed by atoms with van der Waals surface area (Å²) >= 11 is 5.96. The van der Waals surface area contributed by atoms with Gasteiger partial charge in [0.1, 0.15) is 11.5 Å². The molecule has 0 radical (unpaired) electrons. The first-order valence-corrected chi connectivity index (χ1v) is 10.7. The maximum Gasteiger partial charge on any atom is 0.387 e. The van der Waals surface area contributed by atoms with Crippen LogP contribution < -0.4 is 14.9 Å². The highest BCUT2D eigenvalue weighted by atomic mass is 35.5. The van der Waals surface area contributed by atoms with Crippen LogP contribution in [0.25, 0.3) is 22.2 Å². The highest BCUT2D eigenvalue weighted by Gasteiger charge is 2.15. The van der Waals surface area contributed by atoms with Gasteiger partial charge in [-0.2, -0.15) is 22.7 Å². The fourth-order valence-electron chi connectivity index (χ4n) is 3.35. The normalized spacial score (nSPS) is 11.4. The predicted molar refractivity (Wildman–Crippen MR) is 127 cm³/mol. The van der Waals surface area contributed by atoms with E-state index in [1.54, 1.807) is 54.6 Å². The molecule has 0 saturated heterocycles. The van der Waals surface area contributed by atoms with Crippen molar-refractivity contribution in [2.24, 2.45) is 5.10 Å². The van der Waals surface area contributed by atoms with Crippen molar-refractivity contribution in [3.05, 3.63) is 88.9 Å². The second kappa shape index (κ2) is 11.0. The van der Waals surface area contributed by atoms with Gasteiger partial charge in [0.2, 0.25) is 0 Å². The van der Waals surface area contributed by atoms with Gasteiger partial charge >= 0.3 is 13.2 Å². The molecule has 4 rings (SSSR count). The number of aromatic nitrogens is 1. The van der Waals surface area contributed by atoms with Gasteiger partial charge in [0, 0.05) is 27.6 Å². The van der Waals surface area contributed by atoms with Crippen molar-refractivity contribution in [1.82, 2.24) is 10.4 Å². The molecule has 0 fully saturated rings. The van der Waals surface area contributed by atoms with Gasteiger partial charge in [-0.3, -0.25) is 4.79 Å². The summed E-state index contributed by atoms with van der Waals surface area (Å²) in [5.74, 6) is -1.42. The quantitative estimate of drug-likeness (QED) is 0.164. The number of carbonyl (C=O) groups excluding carboxylic acids is 1. The van der Waals surface area contributed by atoms with Gasteiger partial charge in [-0.25, -0.2) is 10.4 Å². The van der Waals surface area contributed by atoms with Crippen LogP contribution in [0.5, 0.6) is 11.5 Å². The zero-order chi connectivity index (χ0) is 25.7. The Bertz CT molecular complexity index is 1420. The molecule has 0 atom stereocenters. The minimum absolute atomic E-state index is 0.00124. The number of alkyl halides is 4. The van der Waals surface area contributed by atoms with E-state index in [-0.39, 0.29) is 16.9 Å². The number of hydrazone groups is 1. The van der Waals surface area contributed by atoms with Crippen molar-refractivity contribution < 1.29 is 31.8 Å². The molecule has 184 valence electrons. The first-order chi connectivity index (χ1) is 17.3. The van der Waals surface area contributed by atoms with Gasteiger partial charge in [0.15, 0.2) is 0 Å². The predicted octanol–water partition coefficient (Wildman–Crippen LogP) is 6.52. The zero-order valence-electron chi connectivity index (χ0n) is 18.2. The van der Waals surface area contributed by atoms with Crippen molar-refractivity contribution >= 4 is 34.6 Å². The smallest absolute Gasteiger partial charge is 0.387 e. The molecule has 0 saturated carbocycles. The summed E-state index contributed by atoms with van der Waals surface area (Å²) in [7, 11) is 0. The lowest BCUT2D eigenvalue weighted by molar-refractivity contribution is -0.0543. The maximum atomic E-state index is 13.0. The van der Waals surface area contributed by atoms with Crippen LogP contribution in [0.4, 0.5) is 17.6 Å². The third-order valence-corrected chi connectivity index (χ3v) is 5.15. The molecule has 0 aliphatic rings. The molecule has 3 aromatic carbocycles. The van der Waals surface area contributed by atoms with Crippen molar-refractivity contribution in [1.29, 1.82) is 0 Å². The van der Waals surface area contributed by atoms with Gasteiger partial charge in [0.05, 0.1) is 23.0 Å². The highest BCUT2D eigenvalue weighted by molar-refractivity contribution is 6.30. The summed E-state index contributed by atoms with van der Waals surface area (Å²) in [6.45, 7) is -6.36. The van der Waals surface area contributed by atoms with Gasteiger partial charge in [0.25, 0.3) is 5.91 Å². The average Bonchev–Trinajstić information content (AvgIpc) is 2.84. The van der Waals surface area contributed by atoms with E-state index in [1.165, 1.54) is 6.07 Å². The van der Waals surface area contributed by atoms with Gasteiger partial charge < -0.3 is 9.47 Å². The summed E-state index contributed by atoms with van der Waals surface area (Å²) in [5, 5.41) is 4.94. The summed E-state index contributed by atoms with van der Waals surface area (Å²) < 4.78 is 59.0. The molecule has 0 bridgehead atoms. The van der Waals surface area contributed by atoms with Crippen LogP contribution in [-0.4, -0.2) is 30.3 Å². The molecule has 1 heterocycles. The topological polar surface area (TPSA) is 72.8 Å². The number of pyridine rings is 1. The van der Waals surface area contributed by atoms with Crippen LogP contribution in [0, 0.1) is 0 Å². The molecule has 0 aliphatic carbocycles. The first kappa shape index (κ1) is 24.9. The highest BCUT2D eigenvalue weighted by Crippen LogP contribution is 2.27. The third-order valence-electron chi connectivity index (χ3n) is 4.90. The van der Waals surface area contributed by atoms with Crippen LogP contribution >= 0.6 is 11.6 Å². The second-order valence-corrected chi connectivity index (χ2v) is 7.67. The Morgan fingerprint density at radius 3 is 2.39 bits per heavy atom. The minimum Gasteiger partial charge on any atom is -0.435 e. The molecule has 0 aliphatic heterocycles. The second-order valence-electron chi connectivity index (χ2n) is 7.23. The molecule has 36 heavy (non-hydrogen) atoms. The van der Waals surface area contributed by atoms with Crippen LogP contribution in [0.1, 0.15) is 15.9 Å². The van der Waals surface area contributed by atoms with Crippen molar-refractivity contribution in [3.8, 4) is 22.8 Å². The Kier molecular flexibility index (Phi) is 7.65. The number of ether oxygens (including phenoxy) is 2. The van der Waals surface area contributed by atoms with Gasteiger partial charge in [-0.1, -0.05) is 41.9 Å². The van der Waals surface area contributed by atoms with Crippen LogP contribution in [0.3, 0.4) is 0 Å². The minimum atomic E-state index is -3.22. The number of carbonyl (C=O) groups is 1. The van der Waals surface area contributed by atoms with Crippen molar-refractivity contribution in [2.45, 2.75) is 13.2 Å². The van der Waals surface area contributed by atoms with Gasteiger partial charge in [-0.05, 0) is 36.4 Å². The summed E-state index contributed by atoms with van der Waals surface area (Å²) in [6, 6.07) is 18.7. The van der Waals surface area contributed by atoms with Crippen molar-refractivity contribution in [3.63, 3.8) is 0 Å². The lowest BCUT2D eigenvalue weighted by Gasteiger charge is -2.11. The molecule has 4 aromatic rings. The van der Waals surface area contributed by atoms with E-state index in [2.05, 4.69) is 25.0 Å². The van der Waals surface area contributed by atoms with Crippen LogP contribution in [0.2, 0.25) is 5.02 Å². The van der Waals surface area contributed by atoms with E-state index >= 15 is 0 Å². The average molecular weight is 518 g/mol. The lowest BCUT2D eigenvalue weighted by atomic mass is 10.0. The number of rotatable bonds is 8. The Hall–Kier alpha value is -4.18. The first-order valence-electron chi connectivity index (χ1n) is 10.3. The summed E-state index contributed by atoms with van der Waals surface area (Å²) in [5.41, 5.74) is 4.45. The number of nitrogens with one attached hydrogen (secondary N) is 1. The number of halogens is 5. The van der Waals surface area contributed by atoms with Gasteiger partial charge in [-0.15, -0.1) is 0 Å². The number of fused-ring (bicyclic) bond motifs is 1. The maximum absolute atomic E-state index is 13.0. The summed E-state index contributed by atoms with van der Waals surface area (Å²) in [4.78, 5) is 17.6. The Balaban J connectivity index is 1.61. The standard InChI is InChI=1S/C25H16ClF4N3O3/c26-16-8-5-14(6-9-16)21-12-19(18-3-1-2-4-20(18)32-21)23(34)33-31-13-15-7-10-17(35-24(27)28)11-22(15)36-25(29)30/h1-13,24-25H,(H,33,34)/b31-13+. The number of nitrogens with zero attached hydrogens (tertiary/aromatic N) is 2.